The van der Waals surface area contributed by atoms with Crippen LogP contribution in [0.3, 0.4) is 0 Å². The van der Waals surface area contributed by atoms with E-state index in [1.807, 2.05) is 25.1 Å². The summed E-state index contributed by atoms with van der Waals surface area (Å²) < 4.78 is 6.05. The van der Waals surface area contributed by atoms with Crippen molar-refractivity contribution in [3.05, 3.63) is 47.9 Å². The zero-order valence-corrected chi connectivity index (χ0v) is 13.5. The minimum atomic E-state index is -0.343. The van der Waals surface area contributed by atoms with Crippen molar-refractivity contribution < 1.29 is 14.0 Å². The van der Waals surface area contributed by atoms with Gasteiger partial charge in [-0.15, -0.1) is 0 Å². The third kappa shape index (κ3) is 3.40. The molecule has 0 aliphatic heterocycles. The predicted molar refractivity (Wildman–Crippen MR) is 88.7 cm³/mol. The zero-order chi connectivity index (χ0) is 16.4. The van der Waals surface area contributed by atoms with Crippen LogP contribution in [0.4, 0.5) is 5.13 Å². The van der Waals surface area contributed by atoms with E-state index in [4.69, 9.17) is 4.42 Å². The quantitative estimate of drug-likeness (QED) is 0.798. The average molecular weight is 329 g/mol. The Morgan fingerprint density at radius 3 is 2.91 bits per heavy atom. The van der Waals surface area contributed by atoms with Gasteiger partial charge in [0.25, 0.3) is 5.91 Å². The Kier molecular flexibility index (Phi) is 4.12. The lowest BCUT2D eigenvalue weighted by molar-refractivity contribution is -0.116. The van der Waals surface area contributed by atoms with Crippen LogP contribution >= 0.6 is 11.3 Å². The average Bonchev–Trinajstić information content (AvgIpc) is 3.14. The minimum absolute atomic E-state index is 0.0749. The number of anilines is 1. The SMILES string of the molecule is Cc1ccc2nc(NC(=O)CN(C)C(=O)c3ccco3)sc2c1. The highest BCUT2D eigenvalue weighted by Crippen LogP contribution is 2.26. The Bertz CT molecular complexity index is 855. The maximum Gasteiger partial charge on any atom is 0.289 e. The van der Waals surface area contributed by atoms with E-state index in [1.54, 1.807) is 19.2 Å². The maximum absolute atomic E-state index is 12.1. The first kappa shape index (κ1) is 15.2. The molecule has 0 aliphatic rings. The highest BCUT2D eigenvalue weighted by molar-refractivity contribution is 7.22. The van der Waals surface area contributed by atoms with Gasteiger partial charge in [0.05, 0.1) is 16.5 Å². The van der Waals surface area contributed by atoms with Gasteiger partial charge in [-0.25, -0.2) is 4.98 Å². The lowest BCUT2D eigenvalue weighted by Gasteiger charge is -2.14. The first-order valence-electron chi connectivity index (χ1n) is 6.99. The van der Waals surface area contributed by atoms with Gasteiger partial charge in [0.1, 0.15) is 6.54 Å². The van der Waals surface area contributed by atoms with E-state index >= 15 is 0 Å². The number of hydrogen-bond donors (Lipinski definition) is 1. The Balaban J connectivity index is 1.65. The summed E-state index contributed by atoms with van der Waals surface area (Å²) in [6.07, 6.45) is 1.42. The third-order valence-electron chi connectivity index (χ3n) is 3.25. The Labute approximate surface area is 136 Å². The summed E-state index contributed by atoms with van der Waals surface area (Å²) in [6, 6.07) is 9.11. The van der Waals surface area contributed by atoms with Crippen LogP contribution in [0.5, 0.6) is 0 Å². The molecule has 118 valence electrons. The molecule has 2 heterocycles. The van der Waals surface area contributed by atoms with Crippen molar-refractivity contribution in [1.29, 1.82) is 0 Å². The van der Waals surface area contributed by atoms with Gasteiger partial charge in [-0.05, 0) is 36.8 Å². The van der Waals surface area contributed by atoms with E-state index in [0.29, 0.717) is 5.13 Å². The van der Waals surface area contributed by atoms with Gasteiger partial charge in [-0.1, -0.05) is 17.4 Å². The number of likely N-dealkylation sites (N-methyl/N-ethyl adjacent to an activating group) is 1. The number of hydrogen-bond acceptors (Lipinski definition) is 5. The molecule has 1 N–H and O–H groups in total. The topological polar surface area (TPSA) is 75.4 Å². The summed E-state index contributed by atoms with van der Waals surface area (Å²) >= 11 is 1.41. The summed E-state index contributed by atoms with van der Waals surface area (Å²) in [5.74, 6) is -0.441. The molecule has 6 nitrogen and oxygen atoms in total. The second-order valence-corrected chi connectivity index (χ2v) is 6.21. The molecule has 1 aromatic carbocycles. The molecule has 0 radical (unpaired) electrons. The van der Waals surface area contributed by atoms with E-state index in [9.17, 15) is 9.59 Å². The molecule has 0 unspecified atom stereocenters. The Hall–Kier alpha value is -2.67. The molecule has 2 aromatic heterocycles. The maximum atomic E-state index is 12.1. The number of benzene rings is 1. The standard InChI is InChI=1S/C16H15N3O3S/c1-10-5-6-11-13(8-10)23-16(17-11)18-14(20)9-19(2)15(21)12-4-3-7-22-12/h3-8H,9H2,1-2H3,(H,17,18,20). The smallest absolute Gasteiger partial charge is 0.289 e. The second kappa shape index (κ2) is 6.21. The Morgan fingerprint density at radius 1 is 1.35 bits per heavy atom. The van der Waals surface area contributed by atoms with Crippen LogP contribution < -0.4 is 5.32 Å². The number of fused-ring (bicyclic) bond motifs is 1. The van der Waals surface area contributed by atoms with Crippen molar-refractivity contribution in [3.8, 4) is 0 Å². The van der Waals surface area contributed by atoms with E-state index in [0.717, 1.165) is 15.8 Å². The molecular formula is C16H15N3O3S. The highest BCUT2D eigenvalue weighted by atomic mass is 32.1. The monoisotopic (exact) mass is 329 g/mol. The number of aromatic nitrogens is 1. The van der Waals surface area contributed by atoms with Crippen molar-refractivity contribution >= 4 is 38.5 Å². The number of thiazole rings is 1. The molecule has 0 bridgehead atoms. The molecule has 0 atom stereocenters. The zero-order valence-electron chi connectivity index (χ0n) is 12.7. The van der Waals surface area contributed by atoms with Crippen LogP contribution in [-0.4, -0.2) is 35.3 Å². The van der Waals surface area contributed by atoms with Crippen molar-refractivity contribution in [2.75, 3.05) is 18.9 Å². The van der Waals surface area contributed by atoms with Gasteiger partial charge < -0.3 is 14.6 Å². The molecular weight excluding hydrogens is 314 g/mol. The molecule has 7 heteroatoms. The Morgan fingerprint density at radius 2 is 2.17 bits per heavy atom. The van der Waals surface area contributed by atoms with Gasteiger partial charge in [0.2, 0.25) is 5.91 Å². The summed E-state index contributed by atoms with van der Waals surface area (Å²) in [5, 5.41) is 3.25. The number of rotatable bonds is 4. The third-order valence-corrected chi connectivity index (χ3v) is 4.18. The van der Waals surface area contributed by atoms with Crippen molar-refractivity contribution in [2.45, 2.75) is 6.92 Å². The van der Waals surface area contributed by atoms with E-state index in [-0.39, 0.29) is 24.1 Å². The summed E-state index contributed by atoms with van der Waals surface area (Å²) in [4.78, 5) is 29.7. The summed E-state index contributed by atoms with van der Waals surface area (Å²) in [7, 11) is 1.55. The van der Waals surface area contributed by atoms with Crippen LogP contribution in [-0.2, 0) is 4.79 Å². The number of furan rings is 1. The molecule has 23 heavy (non-hydrogen) atoms. The fraction of sp³-hybridized carbons (Fsp3) is 0.188. The van der Waals surface area contributed by atoms with Gasteiger partial charge in [-0.2, -0.15) is 0 Å². The van der Waals surface area contributed by atoms with Crippen molar-refractivity contribution in [3.63, 3.8) is 0 Å². The van der Waals surface area contributed by atoms with E-state index in [2.05, 4.69) is 10.3 Å². The lowest BCUT2D eigenvalue weighted by Crippen LogP contribution is -2.34. The van der Waals surface area contributed by atoms with Crippen LogP contribution in [0.2, 0.25) is 0 Å². The molecule has 0 saturated carbocycles. The first-order chi connectivity index (χ1) is 11.0. The number of nitrogens with zero attached hydrogens (tertiary/aromatic N) is 2. The van der Waals surface area contributed by atoms with E-state index in [1.165, 1.54) is 22.5 Å². The normalized spacial score (nSPS) is 10.7. The number of carbonyl (C=O) groups is 2. The minimum Gasteiger partial charge on any atom is -0.459 e. The van der Waals surface area contributed by atoms with Crippen LogP contribution in [0.1, 0.15) is 16.1 Å². The van der Waals surface area contributed by atoms with Crippen molar-refractivity contribution in [2.24, 2.45) is 0 Å². The molecule has 3 rings (SSSR count). The first-order valence-corrected chi connectivity index (χ1v) is 7.80. The largest absolute Gasteiger partial charge is 0.459 e. The molecule has 2 amide bonds. The fourth-order valence-electron chi connectivity index (χ4n) is 2.12. The van der Waals surface area contributed by atoms with Gasteiger partial charge in [0.15, 0.2) is 10.9 Å². The summed E-state index contributed by atoms with van der Waals surface area (Å²) in [5.41, 5.74) is 1.98. The molecule has 3 aromatic rings. The number of aryl methyl sites for hydroxylation is 1. The fourth-order valence-corrected chi connectivity index (χ4v) is 3.10. The predicted octanol–water partition coefficient (Wildman–Crippen LogP) is 2.91. The molecule has 0 fully saturated rings. The number of amides is 2. The molecule has 0 saturated heterocycles. The lowest BCUT2D eigenvalue weighted by atomic mass is 10.2. The number of carbonyl (C=O) groups excluding carboxylic acids is 2. The van der Waals surface area contributed by atoms with Gasteiger partial charge in [0, 0.05) is 7.05 Å². The van der Waals surface area contributed by atoms with Gasteiger partial charge in [-0.3, -0.25) is 9.59 Å². The molecule has 0 aliphatic carbocycles. The van der Waals surface area contributed by atoms with Crippen LogP contribution in [0.15, 0.2) is 41.0 Å². The van der Waals surface area contributed by atoms with Crippen LogP contribution in [0.25, 0.3) is 10.2 Å². The van der Waals surface area contributed by atoms with Crippen LogP contribution in [0, 0.1) is 6.92 Å². The number of nitrogens with one attached hydrogen (secondary N) is 1. The molecule has 0 spiro atoms. The second-order valence-electron chi connectivity index (χ2n) is 5.18. The summed E-state index contributed by atoms with van der Waals surface area (Å²) in [6.45, 7) is 1.93. The van der Waals surface area contributed by atoms with E-state index < -0.39 is 0 Å². The van der Waals surface area contributed by atoms with Crippen molar-refractivity contribution in [1.82, 2.24) is 9.88 Å². The highest BCUT2D eigenvalue weighted by Gasteiger charge is 2.17. The van der Waals surface area contributed by atoms with Gasteiger partial charge >= 0.3 is 0 Å².